The first-order valence-electron chi connectivity index (χ1n) is 6.73. The van der Waals surface area contributed by atoms with E-state index >= 15 is 0 Å². The van der Waals surface area contributed by atoms with Gasteiger partial charge in [-0.05, 0) is 25.1 Å². The van der Waals surface area contributed by atoms with Gasteiger partial charge in [0.15, 0.2) is 0 Å². The van der Waals surface area contributed by atoms with Crippen LogP contribution in [0.25, 0.3) is 16.9 Å². The molecule has 0 aliphatic heterocycles. The standard InChI is InChI=1S/C15H13Cl2N5/c1-2-19-15-20-8-13(22-6-5-18-9-22)14(21-15)11-4-3-10(16)7-12(11)17/h3-9H,2H2,1H3,(H,19,20,21). The normalized spacial score (nSPS) is 10.7. The van der Waals surface area contributed by atoms with Gasteiger partial charge in [0.1, 0.15) is 5.69 Å². The maximum absolute atomic E-state index is 6.34. The first-order chi connectivity index (χ1) is 10.7. The van der Waals surface area contributed by atoms with Crippen molar-refractivity contribution in [3.63, 3.8) is 0 Å². The average molecular weight is 334 g/mol. The zero-order chi connectivity index (χ0) is 15.5. The summed E-state index contributed by atoms with van der Waals surface area (Å²) in [6.07, 6.45) is 6.97. The van der Waals surface area contributed by atoms with Crippen LogP contribution in [0.15, 0.2) is 43.1 Å². The van der Waals surface area contributed by atoms with Gasteiger partial charge in [-0.2, -0.15) is 0 Å². The van der Waals surface area contributed by atoms with Crippen molar-refractivity contribution in [1.29, 1.82) is 0 Å². The molecule has 0 radical (unpaired) electrons. The molecule has 7 heteroatoms. The van der Waals surface area contributed by atoms with Crippen molar-refractivity contribution < 1.29 is 0 Å². The van der Waals surface area contributed by atoms with E-state index in [1.54, 1.807) is 30.9 Å². The van der Waals surface area contributed by atoms with Crippen LogP contribution < -0.4 is 5.32 Å². The van der Waals surface area contributed by atoms with Crippen LogP contribution in [0.4, 0.5) is 5.95 Å². The first kappa shape index (κ1) is 14.8. The van der Waals surface area contributed by atoms with Gasteiger partial charge in [-0.3, -0.25) is 0 Å². The molecule has 0 amide bonds. The summed E-state index contributed by atoms with van der Waals surface area (Å²) in [5.41, 5.74) is 2.30. The minimum Gasteiger partial charge on any atom is -0.354 e. The van der Waals surface area contributed by atoms with Gasteiger partial charge >= 0.3 is 0 Å². The number of rotatable bonds is 4. The van der Waals surface area contributed by atoms with Gasteiger partial charge in [0, 0.05) is 29.5 Å². The molecule has 0 saturated heterocycles. The van der Waals surface area contributed by atoms with Crippen LogP contribution in [-0.4, -0.2) is 26.1 Å². The summed E-state index contributed by atoms with van der Waals surface area (Å²) < 4.78 is 1.84. The predicted molar refractivity (Wildman–Crippen MR) is 88.8 cm³/mol. The highest BCUT2D eigenvalue weighted by Gasteiger charge is 2.14. The average Bonchev–Trinajstić information content (AvgIpc) is 3.02. The van der Waals surface area contributed by atoms with Crippen molar-refractivity contribution in [2.75, 3.05) is 11.9 Å². The second-order valence-electron chi connectivity index (χ2n) is 4.55. The molecule has 2 aromatic heterocycles. The maximum Gasteiger partial charge on any atom is 0.223 e. The van der Waals surface area contributed by atoms with Crippen molar-refractivity contribution in [3.8, 4) is 16.9 Å². The Labute approximate surface area is 138 Å². The third kappa shape index (κ3) is 2.91. The summed E-state index contributed by atoms with van der Waals surface area (Å²) in [6.45, 7) is 2.72. The number of aromatic nitrogens is 4. The summed E-state index contributed by atoms with van der Waals surface area (Å²) in [5.74, 6) is 0.549. The Morgan fingerprint density at radius 1 is 1.27 bits per heavy atom. The summed E-state index contributed by atoms with van der Waals surface area (Å²) in [7, 11) is 0. The largest absolute Gasteiger partial charge is 0.354 e. The van der Waals surface area contributed by atoms with E-state index in [-0.39, 0.29) is 0 Å². The van der Waals surface area contributed by atoms with Crippen molar-refractivity contribution >= 4 is 29.2 Å². The molecule has 3 aromatic rings. The summed E-state index contributed by atoms with van der Waals surface area (Å²) >= 11 is 12.3. The number of hydrogen-bond donors (Lipinski definition) is 1. The smallest absolute Gasteiger partial charge is 0.223 e. The molecule has 0 saturated carbocycles. The fraction of sp³-hybridized carbons (Fsp3) is 0.133. The molecular formula is C15H13Cl2N5. The number of anilines is 1. The number of imidazole rings is 1. The SMILES string of the molecule is CCNc1ncc(-n2ccnc2)c(-c2ccc(Cl)cc2Cl)n1. The van der Waals surface area contributed by atoms with Crippen LogP contribution in [-0.2, 0) is 0 Å². The molecule has 0 fully saturated rings. The number of nitrogens with one attached hydrogen (secondary N) is 1. The molecular weight excluding hydrogens is 321 g/mol. The van der Waals surface area contributed by atoms with Crippen molar-refractivity contribution in [1.82, 2.24) is 19.5 Å². The molecule has 0 aliphatic carbocycles. The molecule has 112 valence electrons. The van der Waals surface area contributed by atoms with Gasteiger partial charge in [0.2, 0.25) is 5.95 Å². The van der Waals surface area contributed by atoms with Gasteiger partial charge in [-0.25, -0.2) is 15.0 Å². The second kappa shape index (κ2) is 6.34. The van der Waals surface area contributed by atoms with Gasteiger partial charge < -0.3 is 9.88 Å². The Hall–Kier alpha value is -2.11. The Kier molecular flexibility index (Phi) is 4.27. The molecule has 1 aromatic carbocycles. The minimum absolute atomic E-state index is 0.537. The molecule has 0 spiro atoms. The number of hydrogen-bond acceptors (Lipinski definition) is 4. The Morgan fingerprint density at radius 3 is 2.82 bits per heavy atom. The fourth-order valence-electron chi connectivity index (χ4n) is 2.09. The molecule has 0 atom stereocenters. The van der Waals surface area contributed by atoms with Crippen LogP contribution in [0.5, 0.6) is 0 Å². The molecule has 0 unspecified atom stereocenters. The lowest BCUT2D eigenvalue weighted by Gasteiger charge is -2.12. The van der Waals surface area contributed by atoms with E-state index in [4.69, 9.17) is 23.2 Å². The zero-order valence-electron chi connectivity index (χ0n) is 11.8. The molecule has 3 rings (SSSR count). The van der Waals surface area contributed by atoms with Gasteiger partial charge in [0.05, 0.1) is 23.2 Å². The summed E-state index contributed by atoms with van der Waals surface area (Å²) in [5, 5.41) is 4.22. The number of benzene rings is 1. The van der Waals surface area contributed by atoms with E-state index < -0.39 is 0 Å². The first-order valence-corrected chi connectivity index (χ1v) is 7.49. The van der Waals surface area contributed by atoms with E-state index in [1.165, 1.54) is 0 Å². The summed E-state index contributed by atoms with van der Waals surface area (Å²) in [4.78, 5) is 13.0. The third-order valence-corrected chi connectivity index (χ3v) is 3.62. The topological polar surface area (TPSA) is 55.6 Å². The zero-order valence-corrected chi connectivity index (χ0v) is 13.3. The molecule has 1 N–H and O–H groups in total. The predicted octanol–water partition coefficient (Wildman–Crippen LogP) is 4.07. The van der Waals surface area contributed by atoms with Crippen LogP contribution in [0, 0.1) is 0 Å². The maximum atomic E-state index is 6.34. The Morgan fingerprint density at radius 2 is 2.14 bits per heavy atom. The van der Waals surface area contributed by atoms with Crippen molar-refractivity contribution in [2.24, 2.45) is 0 Å². The Bertz CT molecular complexity index is 787. The van der Waals surface area contributed by atoms with Gasteiger partial charge in [-0.15, -0.1) is 0 Å². The van der Waals surface area contributed by atoms with Crippen LogP contribution in [0.2, 0.25) is 10.0 Å². The van der Waals surface area contributed by atoms with Gasteiger partial charge in [-0.1, -0.05) is 23.2 Å². The quantitative estimate of drug-likeness (QED) is 0.781. The lowest BCUT2D eigenvalue weighted by Crippen LogP contribution is -2.06. The third-order valence-electron chi connectivity index (χ3n) is 3.07. The minimum atomic E-state index is 0.537. The van der Waals surface area contributed by atoms with E-state index in [0.717, 1.165) is 17.8 Å². The van der Waals surface area contributed by atoms with E-state index in [9.17, 15) is 0 Å². The van der Waals surface area contributed by atoms with Crippen molar-refractivity contribution in [2.45, 2.75) is 6.92 Å². The van der Waals surface area contributed by atoms with Crippen LogP contribution >= 0.6 is 23.2 Å². The number of nitrogens with zero attached hydrogens (tertiary/aromatic N) is 4. The molecule has 5 nitrogen and oxygen atoms in total. The van der Waals surface area contributed by atoms with Gasteiger partial charge in [0.25, 0.3) is 0 Å². The highest BCUT2D eigenvalue weighted by atomic mass is 35.5. The Balaban J connectivity index is 2.20. The van der Waals surface area contributed by atoms with E-state index in [1.807, 2.05) is 23.8 Å². The molecule has 0 bridgehead atoms. The highest BCUT2D eigenvalue weighted by Crippen LogP contribution is 2.33. The van der Waals surface area contributed by atoms with E-state index in [0.29, 0.717) is 21.7 Å². The lowest BCUT2D eigenvalue weighted by molar-refractivity contribution is 1.00. The molecule has 2 heterocycles. The number of halogens is 2. The fourth-order valence-corrected chi connectivity index (χ4v) is 2.59. The van der Waals surface area contributed by atoms with Crippen molar-refractivity contribution in [3.05, 3.63) is 53.2 Å². The summed E-state index contributed by atoms with van der Waals surface area (Å²) in [6, 6.07) is 5.34. The molecule has 22 heavy (non-hydrogen) atoms. The van der Waals surface area contributed by atoms with Crippen LogP contribution in [0.1, 0.15) is 6.92 Å². The van der Waals surface area contributed by atoms with E-state index in [2.05, 4.69) is 20.3 Å². The molecule has 0 aliphatic rings. The highest BCUT2D eigenvalue weighted by molar-refractivity contribution is 6.36. The second-order valence-corrected chi connectivity index (χ2v) is 5.40. The lowest BCUT2D eigenvalue weighted by atomic mass is 10.1. The van der Waals surface area contributed by atoms with Crippen LogP contribution in [0.3, 0.4) is 0 Å². The monoisotopic (exact) mass is 333 g/mol.